The lowest BCUT2D eigenvalue weighted by Gasteiger charge is -2.34. The molecule has 0 radical (unpaired) electrons. The Labute approximate surface area is 148 Å². The van der Waals surface area contributed by atoms with Crippen LogP contribution in [0.1, 0.15) is 11.1 Å². The summed E-state index contributed by atoms with van der Waals surface area (Å²) in [7, 11) is 0. The molecule has 1 aliphatic heterocycles. The van der Waals surface area contributed by atoms with Crippen LogP contribution in [0.3, 0.4) is 0 Å². The summed E-state index contributed by atoms with van der Waals surface area (Å²) in [6.07, 6.45) is 0.531. The standard InChI is InChI=1S/C20H23ClN2O/c21-19-8-4-7-18(13-19)15-22-9-11-23(12-10-22)16-20(24)14-17-5-2-1-3-6-17/h1-8,13H,9-12,14-16H2. The monoisotopic (exact) mass is 342 g/mol. The molecule has 1 aliphatic rings. The fraction of sp³-hybridized carbons (Fsp3) is 0.350. The van der Waals surface area contributed by atoms with Gasteiger partial charge in [0.05, 0.1) is 6.54 Å². The van der Waals surface area contributed by atoms with Crippen LogP contribution in [-0.2, 0) is 17.8 Å². The summed E-state index contributed by atoms with van der Waals surface area (Å²) in [4.78, 5) is 16.9. The number of carbonyl (C=O) groups is 1. The molecule has 0 saturated carbocycles. The summed E-state index contributed by atoms with van der Waals surface area (Å²) >= 11 is 6.05. The average Bonchev–Trinajstić information content (AvgIpc) is 2.57. The second-order valence-electron chi connectivity index (χ2n) is 6.38. The van der Waals surface area contributed by atoms with E-state index >= 15 is 0 Å². The maximum atomic E-state index is 12.2. The summed E-state index contributed by atoms with van der Waals surface area (Å²) in [6.45, 7) is 5.35. The zero-order valence-corrected chi connectivity index (χ0v) is 14.6. The maximum absolute atomic E-state index is 12.2. The quantitative estimate of drug-likeness (QED) is 0.805. The molecule has 3 rings (SSSR count). The molecule has 0 amide bonds. The molecule has 126 valence electrons. The van der Waals surface area contributed by atoms with Crippen molar-refractivity contribution in [3.63, 3.8) is 0 Å². The van der Waals surface area contributed by atoms with E-state index in [0.717, 1.165) is 43.3 Å². The number of ketones is 1. The van der Waals surface area contributed by atoms with Gasteiger partial charge in [-0.25, -0.2) is 0 Å². The van der Waals surface area contributed by atoms with Crippen molar-refractivity contribution in [2.24, 2.45) is 0 Å². The van der Waals surface area contributed by atoms with E-state index in [0.29, 0.717) is 18.7 Å². The van der Waals surface area contributed by atoms with Crippen LogP contribution in [0, 0.1) is 0 Å². The number of benzene rings is 2. The number of halogens is 1. The molecule has 1 heterocycles. The van der Waals surface area contributed by atoms with Gasteiger partial charge >= 0.3 is 0 Å². The van der Waals surface area contributed by atoms with E-state index in [9.17, 15) is 4.79 Å². The Morgan fingerprint density at radius 2 is 1.54 bits per heavy atom. The third-order valence-electron chi connectivity index (χ3n) is 4.40. The van der Waals surface area contributed by atoms with Gasteiger partial charge in [-0.1, -0.05) is 54.1 Å². The lowest BCUT2D eigenvalue weighted by Crippen LogP contribution is -2.47. The van der Waals surface area contributed by atoms with Crippen LogP contribution < -0.4 is 0 Å². The molecule has 0 N–H and O–H groups in total. The van der Waals surface area contributed by atoms with Crippen LogP contribution in [0.15, 0.2) is 54.6 Å². The van der Waals surface area contributed by atoms with Gasteiger partial charge in [-0.15, -0.1) is 0 Å². The molecule has 2 aromatic carbocycles. The molecular weight excluding hydrogens is 320 g/mol. The van der Waals surface area contributed by atoms with Crippen molar-refractivity contribution >= 4 is 17.4 Å². The molecule has 0 unspecified atom stereocenters. The predicted octanol–water partition coefficient (Wildman–Crippen LogP) is 3.27. The van der Waals surface area contributed by atoms with Crippen molar-refractivity contribution in [2.45, 2.75) is 13.0 Å². The highest BCUT2D eigenvalue weighted by Gasteiger charge is 2.19. The van der Waals surface area contributed by atoms with Gasteiger partial charge in [0.1, 0.15) is 0 Å². The van der Waals surface area contributed by atoms with E-state index in [1.165, 1.54) is 5.56 Å². The van der Waals surface area contributed by atoms with Gasteiger partial charge in [0.2, 0.25) is 0 Å². The van der Waals surface area contributed by atoms with E-state index in [-0.39, 0.29) is 0 Å². The number of nitrogens with zero attached hydrogens (tertiary/aromatic N) is 2. The number of hydrogen-bond donors (Lipinski definition) is 0. The summed E-state index contributed by atoms with van der Waals surface area (Å²) < 4.78 is 0. The van der Waals surface area contributed by atoms with Gasteiger partial charge in [0.25, 0.3) is 0 Å². The van der Waals surface area contributed by atoms with E-state index in [1.807, 2.05) is 48.5 Å². The topological polar surface area (TPSA) is 23.6 Å². The Morgan fingerprint density at radius 1 is 0.875 bits per heavy atom. The molecule has 2 aromatic rings. The Bertz CT molecular complexity index is 666. The number of Topliss-reactive ketones (excluding diaryl/α,β-unsaturated/α-hetero) is 1. The van der Waals surface area contributed by atoms with E-state index in [1.54, 1.807) is 0 Å². The van der Waals surface area contributed by atoms with Crippen LogP contribution in [-0.4, -0.2) is 48.3 Å². The second kappa shape index (κ2) is 8.43. The van der Waals surface area contributed by atoms with Crippen LogP contribution in [0.25, 0.3) is 0 Å². The molecule has 3 nitrogen and oxygen atoms in total. The first kappa shape index (κ1) is 17.2. The van der Waals surface area contributed by atoms with Crippen molar-refractivity contribution in [1.29, 1.82) is 0 Å². The second-order valence-corrected chi connectivity index (χ2v) is 6.82. The Balaban J connectivity index is 1.42. The van der Waals surface area contributed by atoms with Crippen LogP contribution >= 0.6 is 11.6 Å². The first-order valence-corrected chi connectivity index (χ1v) is 8.81. The zero-order chi connectivity index (χ0) is 16.8. The van der Waals surface area contributed by atoms with Crippen molar-refractivity contribution in [2.75, 3.05) is 32.7 Å². The van der Waals surface area contributed by atoms with E-state index in [2.05, 4.69) is 15.9 Å². The maximum Gasteiger partial charge on any atom is 0.151 e. The van der Waals surface area contributed by atoms with E-state index < -0.39 is 0 Å². The highest BCUT2D eigenvalue weighted by molar-refractivity contribution is 6.30. The molecule has 0 aromatic heterocycles. The van der Waals surface area contributed by atoms with Gasteiger partial charge in [0, 0.05) is 44.2 Å². The minimum absolute atomic E-state index is 0.296. The van der Waals surface area contributed by atoms with Gasteiger partial charge in [-0.3, -0.25) is 14.6 Å². The van der Waals surface area contributed by atoms with Crippen molar-refractivity contribution in [1.82, 2.24) is 9.80 Å². The number of rotatable bonds is 6. The summed E-state index contributed by atoms with van der Waals surface area (Å²) in [6, 6.07) is 18.0. The normalized spacial score (nSPS) is 16.2. The SMILES string of the molecule is O=C(Cc1ccccc1)CN1CCN(Cc2cccc(Cl)c2)CC1. The highest BCUT2D eigenvalue weighted by atomic mass is 35.5. The van der Waals surface area contributed by atoms with Crippen molar-refractivity contribution < 1.29 is 4.79 Å². The highest BCUT2D eigenvalue weighted by Crippen LogP contribution is 2.14. The minimum Gasteiger partial charge on any atom is -0.298 e. The number of carbonyl (C=O) groups excluding carboxylic acids is 1. The minimum atomic E-state index is 0.296. The average molecular weight is 343 g/mol. The number of piperazine rings is 1. The van der Waals surface area contributed by atoms with Crippen LogP contribution in [0.4, 0.5) is 0 Å². The zero-order valence-electron chi connectivity index (χ0n) is 13.8. The van der Waals surface area contributed by atoms with Crippen molar-refractivity contribution in [3.05, 3.63) is 70.7 Å². The van der Waals surface area contributed by atoms with Gasteiger partial charge in [0.15, 0.2) is 5.78 Å². The van der Waals surface area contributed by atoms with E-state index in [4.69, 9.17) is 11.6 Å². The summed E-state index contributed by atoms with van der Waals surface area (Å²) in [5, 5.41) is 0.789. The molecule has 0 atom stereocenters. The number of hydrogen-bond acceptors (Lipinski definition) is 3. The predicted molar refractivity (Wildman–Crippen MR) is 98.3 cm³/mol. The van der Waals surface area contributed by atoms with Crippen LogP contribution in [0.2, 0.25) is 5.02 Å². The lowest BCUT2D eigenvalue weighted by molar-refractivity contribution is -0.120. The molecule has 0 bridgehead atoms. The summed E-state index contributed by atoms with van der Waals surface area (Å²) in [5.41, 5.74) is 2.35. The smallest absolute Gasteiger partial charge is 0.151 e. The molecule has 24 heavy (non-hydrogen) atoms. The molecule has 4 heteroatoms. The first-order chi connectivity index (χ1) is 11.7. The first-order valence-electron chi connectivity index (χ1n) is 8.44. The third-order valence-corrected chi connectivity index (χ3v) is 4.64. The third kappa shape index (κ3) is 5.17. The van der Waals surface area contributed by atoms with Gasteiger partial charge in [-0.05, 0) is 23.3 Å². The Morgan fingerprint density at radius 3 is 2.25 bits per heavy atom. The van der Waals surface area contributed by atoms with Crippen LogP contribution in [0.5, 0.6) is 0 Å². The molecular formula is C20H23ClN2O. The van der Waals surface area contributed by atoms with Gasteiger partial charge < -0.3 is 0 Å². The fourth-order valence-corrected chi connectivity index (χ4v) is 3.34. The largest absolute Gasteiger partial charge is 0.298 e. The molecule has 0 spiro atoms. The van der Waals surface area contributed by atoms with Crippen molar-refractivity contribution in [3.8, 4) is 0 Å². The van der Waals surface area contributed by atoms with Gasteiger partial charge in [-0.2, -0.15) is 0 Å². The Kier molecular flexibility index (Phi) is 6.02. The molecule has 1 fully saturated rings. The molecule has 1 saturated heterocycles. The summed E-state index contributed by atoms with van der Waals surface area (Å²) in [5.74, 6) is 0.296. The molecule has 0 aliphatic carbocycles. The fourth-order valence-electron chi connectivity index (χ4n) is 3.13. The Hall–Kier alpha value is -1.68. The lowest BCUT2D eigenvalue weighted by atomic mass is 10.1.